The van der Waals surface area contributed by atoms with Gasteiger partial charge in [-0.2, -0.15) is 24.3 Å². The van der Waals surface area contributed by atoms with Gasteiger partial charge in [-0.05, 0) is 0 Å². The van der Waals surface area contributed by atoms with Crippen LogP contribution in [0.3, 0.4) is 0 Å². The van der Waals surface area contributed by atoms with Crippen molar-refractivity contribution in [3.05, 3.63) is 83.9 Å². The zero-order valence-electron chi connectivity index (χ0n) is 13.2. The molecule has 4 rings (SSSR count). The summed E-state index contributed by atoms with van der Waals surface area (Å²) in [5.41, 5.74) is 2.74. The molecule has 0 N–H and O–H groups in total. The van der Waals surface area contributed by atoms with Gasteiger partial charge in [0, 0.05) is 0 Å². The van der Waals surface area contributed by atoms with E-state index in [1.165, 1.54) is 32.7 Å². The van der Waals surface area contributed by atoms with Crippen molar-refractivity contribution < 1.29 is 35.6 Å². The van der Waals surface area contributed by atoms with Gasteiger partial charge >= 0.3 is 26.2 Å². The maximum absolute atomic E-state index is 2.16. The Labute approximate surface area is 154 Å². The van der Waals surface area contributed by atoms with Crippen LogP contribution in [0.5, 0.6) is 0 Å². The molecule has 0 bridgehead atoms. The number of halogens is 2. The topological polar surface area (TPSA) is 0 Å². The Hall–Kier alpha value is -1.60. The summed E-state index contributed by atoms with van der Waals surface area (Å²) in [6, 6.07) is 25.5. The number of fused-ring (bicyclic) bond motifs is 2. The summed E-state index contributed by atoms with van der Waals surface area (Å²) >= 11 is 0. The first kappa shape index (κ1) is 21.4. The summed E-state index contributed by atoms with van der Waals surface area (Å²) in [6.45, 7) is 4.28. The van der Waals surface area contributed by atoms with Crippen LogP contribution in [0, 0.1) is 13.8 Å². The molecule has 0 aliphatic rings. The van der Waals surface area contributed by atoms with E-state index in [0.29, 0.717) is 0 Å². The molecule has 0 unspecified atom stereocenters. The Morgan fingerprint density at radius 1 is 0.565 bits per heavy atom. The predicted octanol–water partition coefficient (Wildman–Crippen LogP) is 6.04. The first-order valence-corrected chi connectivity index (χ1v) is 6.98. The molecular formula is C20H20F2Zr. The second kappa shape index (κ2) is 9.52. The predicted molar refractivity (Wildman–Crippen MR) is 93.6 cm³/mol. The van der Waals surface area contributed by atoms with Gasteiger partial charge in [0.15, 0.2) is 0 Å². The molecule has 0 radical (unpaired) electrons. The number of hydrogen-bond acceptors (Lipinski definition) is 0. The zero-order chi connectivity index (χ0) is 13.9. The smallest absolute Gasteiger partial charge is 0.269 e. The maximum Gasteiger partial charge on any atom is 2.00 e. The minimum Gasteiger partial charge on any atom is -0.269 e. The third-order valence-electron chi connectivity index (χ3n) is 3.80. The van der Waals surface area contributed by atoms with E-state index < -0.39 is 0 Å². The molecule has 0 aromatic heterocycles. The van der Waals surface area contributed by atoms with Crippen LogP contribution in [0.4, 0.5) is 9.41 Å². The summed E-state index contributed by atoms with van der Waals surface area (Å²) in [5.74, 6) is 0. The zero-order valence-corrected chi connectivity index (χ0v) is 15.7. The minimum absolute atomic E-state index is 0. The van der Waals surface area contributed by atoms with Crippen molar-refractivity contribution in [3.8, 4) is 0 Å². The van der Waals surface area contributed by atoms with Crippen LogP contribution < -0.4 is 0 Å². The summed E-state index contributed by atoms with van der Waals surface area (Å²) in [7, 11) is 0. The third-order valence-corrected chi connectivity index (χ3v) is 3.80. The number of rotatable bonds is 0. The average molecular weight is 390 g/mol. The Morgan fingerprint density at radius 3 is 1.26 bits per heavy atom. The van der Waals surface area contributed by atoms with Gasteiger partial charge in [0.1, 0.15) is 0 Å². The van der Waals surface area contributed by atoms with Crippen LogP contribution in [0.15, 0.2) is 72.8 Å². The SMILES string of the molecule is C[c-]1ccc2ccccc21.C[c-]1ccc2ccccc21.F.F.[Zr+2]. The van der Waals surface area contributed by atoms with E-state index in [2.05, 4.69) is 86.6 Å². The molecule has 0 amide bonds. The molecule has 118 valence electrons. The molecule has 0 nitrogen and oxygen atoms in total. The van der Waals surface area contributed by atoms with E-state index in [4.69, 9.17) is 0 Å². The first-order chi connectivity index (χ1) is 9.75. The van der Waals surface area contributed by atoms with Crippen LogP contribution in [0.1, 0.15) is 11.1 Å². The van der Waals surface area contributed by atoms with E-state index in [0.717, 1.165) is 0 Å². The maximum atomic E-state index is 2.16. The first-order valence-electron chi connectivity index (χ1n) is 6.98. The van der Waals surface area contributed by atoms with E-state index in [-0.39, 0.29) is 35.6 Å². The van der Waals surface area contributed by atoms with Crippen LogP contribution in [0.25, 0.3) is 21.5 Å². The molecule has 4 aromatic rings. The van der Waals surface area contributed by atoms with Gasteiger partial charge in [-0.1, -0.05) is 26.0 Å². The molecule has 0 heterocycles. The van der Waals surface area contributed by atoms with Crippen molar-refractivity contribution in [1.82, 2.24) is 0 Å². The monoisotopic (exact) mass is 388 g/mol. The normalized spacial score (nSPS) is 9.13. The van der Waals surface area contributed by atoms with Gasteiger partial charge < -0.3 is 0 Å². The quantitative estimate of drug-likeness (QED) is 0.322. The van der Waals surface area contributed by atoms with Gasteiger partial charge in [0.2, 0.25) is 0 Å². The molecule has 0 aliphatic heterocycles. The van der Waals surface area contributed by atoms with Gasteiger partial charge in [-0.25, -0.2) is 0 Å². The van der Waals surface area contributed by atoms with Gasteiger partial charge in [0.05, 0.1) is 0 Å². The second-order valence-corrected chi connectivity index (χ2v) is 5.21. The van der Waals surface area contributed by atoms with Crippen LogP contribution in [-0.4, -0.2) is 0 Å². The fraction of sp³-hybridized carbons (Fsp3) is 0.100. The van der Waals surface area contributed by atoms with Crippen molar-refractivity contribution >= 4 is 21.5 Å². The van der Waals surface area contributed by atoms with E-state index >= 15 is 0 Å². The third kappa shape index (κ3) is 4.69. The molecule has 0 fully saturated rings. The largest absolute Gasteiger partial charge is 2.00 e. The fourth-order valence-electron chi connectivity index (χ4n) is 2.61. The van der Waals surface area contributed by atoms with Crippen molar-refractivity contribution in [2.75, 3.05) is 0 Å². The molecule has 23 heavy (non-hydrogen) atoms. The Bertz CT molecular complexity index is 771. The van der Waals surface area contributed by atoms with Crippen molar-refractivity contribution in [1.29, 1.82) is 0 Å². The van der Waals surface area contributed by atoms with Crippen molar-refractivity contribution in [2.24, 2.45) is 0 Å². The summed E-state index contributed by atoms with van der Waals surface area (Å²) in [6.07, 6.45) is 0. The fourth-order valence-corrected chi connectivity index (χ4v) is 2.61. The Kier molecular flexibility index (Phi) is 8.86. The molecule has 0 saturated carbocycles. The molecular weight excluding hydrogens is 369 g/mol. The molecule has 3 heteroatoms. The number of hydrogen-bond donors (Lipinski definition) is 0. The van der Waals surface area contributed by atoms with E-state index in [9.17, 15) is 0 Å². The minimum atomic E-state index is 0. The molecule has 0 aliphatic carbocycles. The second-order valence-electron chi connectivity index (χ2n) is 5.21. The Balaban J connectivity index is 0.000000372. The summed E-state index contributed by atoms with van der Waals surface area (Å²) in [4.78, 5) is 0. The van der Waals surface area contributed by atoms with Gasteiger partial charge in [0.25, 0.3) is 0 Å². The summed E-state index contributed by atoms with van der Waals surface area (Å²) in [5, 5.41) is 5.45. The summed E-state index contributed by atoms with van der Waals surface area (Å²) < 4.78 is 0. The van der Waals surface area contributed by atoms with Gasteiger partial charge in [-0.3, -0.25) is 9.41 Å². The molecule has 0 atom stereocenters. The molecule has 0 saturated heterocycles. The van der Waals surface area contributed by atoms with Gasteiger partial charge in [-0.15, -0.1) is 69.1 Å². The average Bonchev–Trinajstić information content (AvgIpc) is 3.05. The molecule has 0 spiro atoms. The number of aryl methyl sites for hydroxylation is 2. The number of benzene rings is 2. The molecule has 4 aromatic carbocycles. The van der Waals surface area contributed by atoms with Crippen molar-refractivity contribution in [3.63, 3.8) is 0 Å². The van der Waals surface area contributed by atoms with Crippen LogP contribution >= 0.6 is 0 Å². The standard InChI is InChI=1S/2C10H9.2FH.Zr/c2*1-8-6-7-9-4-2-3-5-10(8)9;;;/h2*2-7H,1H3;2*1H;/q2*-1;;;+2. The van der Waals surface area contributed by atoms with Crippen LogP contribution in [-0.2, 0) is 26.2 Å². The van der Waals surface area contributed by atoms with Crippen LogP contribution in [0.2, 0.25) is 0 Å². The van der Waals surface area contributed by atoms with E-state index in [1.807, 2.05) is 0 Å². The Morgan fingerprint density at radius 2 is 0.913 bits per heavy atom. The van der Waals surface area contributed by atoms with E-state index in [1.54, 1.807) is 0 Å². The van der Waals surface area contributed by atoms with Crippen molar-refractivity contribution in [2.45, 2.75) is 13.8 Å².